The molecule has 6 aromatic rings. The van der Waals surface area contributed by atoms with Gasteiger partial charge in [0.1, 0.15) is 29.0 Å². The second kappa shape index (κ2) is 25.5. The summed E-state index contributed by atoms with van der Waals surface area (Å²) in [7, 11) is 1.56. The van der Waals surface area contributed by atoms with Crippen LogP contribution in [0.4, 0.5) is 0 Å². The highest BCUT2D eigenvalue weighted by molar-refractivity contribution is 5.90. The molecule has 14 nitrogen and oxygen atoms in total. The van der Waals surface area contributed by atoms with Crippen molar-refractivity contribution in [3.8, 4) is 39.9 Å². The zero-order chi connectivity index (χ0) is 57.0. The number of aromatic hydroxyl groups is 2. The second-order valence-electron chi connectivity index (χ2n) is 24.7. The molecule has 1 fully saturated rings. The minimum atomic E-state index is -1.08. The highest BCUT2D eigenvalue weighted by atomic mass is 16.6. The minimum Gasteiger partial charge on any atom is -0.507 e. The fourth-order valence-corrected chi connectivity index (χ4v) is 14.5. The lowest BCUT2D eigenvalue weighted by atomic mass is 9.62. The summed E-state index contributed by atoms with van der Waals surface area (Å²) < 4.78 is 28.3. The van der Waals surface area contributed by atoms with Crippen LogP contribution < -0.4 is 35.5 Å². The summed E-state index contributed by atoms with van der Waals surface area (Å²) in [6.45, 7) is 8.81. The van der Waals surface area contributed by atoms with Gasteiger partial charge in [-0.2, -0.15) is 0 Å². The summed E-state index contributed by atoms with van der Waals surface area (Å²) in [4.78, 5) is 3.42. The first-order valence-corrected chi connectivity index (χ1v) is 30.4. The fourth-order valence-electron chi connectivity index (χ4n) is 14.5. The Hall–Kier alpha value is -5.94. The van der Waals surface area contributed by atoms with E-state index >= 15 is 0 Å². The zero-order valence-corrected chi connectivity index (χ0v) is 48.5. The first kappa shape index (κ1) is 57.9. The van der Waals surface area contributed by atoms with Gasteiger partial charge in [-0.25, -0.2) is 0 Å². The van der Waals surface area contributed by atoms with E-state index in [0.29, 0.717) is 100 Å². The van der Waals surface area contributed by atoms with Crippen molar-refractivity contribution in [1.29, 1.82) is 0 Å². The molecule has 3 aliphatic carbocycles. The monoisotopic (exact) mass is 1120 g/mol. The van der Waals surface area contributed by atoms with E-state index in [0.717, 1.165) is 93.4 Å². The van der Waals surface area contributed by atoms with Crippen LogP contribution in [0.5, 0.6) is 28.7 Å². The van der Waals surface area contributed by atoms with Gasteiger partial charge in [-0.05, 0) is 182 Å². The lowest BCUT2D eigenvalue weighted by Gasteiger charge is -2.48. The molecule has 0 unspecified atom stereocenters. The van der Waals surface area contributed by atoms with E-state index in [1.54, 1.807) is 7.11 Å². The highest BCUT2D eigenvalue weighted by Crippen LogP contribution is 2.62. The van der Waals surface area contributed by atoms with Gasteiger partial charge in [0.15, 0.2) is 17.6 Å². The van der Waals surface area contributed by atoms with E-state index < -0.39 is 23.4 Å². The van der Waals surface area contributed by atoms with Gasteiger partial charge in [0.25, 0.3) is 0 Å². The number of methoxy groups -OCH3 is 1. The van der Waals surface area contributed by atoms with Gasteiger partial charge >= 0.3 is 0 Å². The molecule has 1 aromatic heterocycles. The molecule has 6 atom stereocenters. The van der Waals surface area contributed by atoms with Crippen LogP contribution in [-0.4, -0.2) is 114 Å². The zero-order valence-electron chi connectivity index (χ0n) is 48.5. The van der Waals surface area contributed by atoms with Gasteiger partial charge in [-0.15, -0.1) is 0 Å². The second-order valence-corrected chi connectivity index (χ2v) is 24.7. The minimum absolute atomic E-state index is 0.0321. The Morgan fingerprint density at radius 2 is 1.70 bits per heavy atom. The summed E-state index contributed by atoms with van der Waals surface area (Å²) in [6.07, 6.45) is 14.5. The van der Waals surface area contributed by atoms with Crippen LogP contribution in [0.25, 0.3) is 28.1 Å². The summed E-state index contributed by atoms with van der Waals surface area (Å²) in [5.74, 6) is 2.19. The number of aromatic amines is 1. The van der Waals surface area contributed by atoms with Crippen molar-refractivity contribution in [2.24, 2.45) is 5.92 Å². The van der Waals surface area contributed by atoms with Gasteiger partial charge in [0, 0.05) is 85.3 Å². The molecular formula is C68H87N5O9. The number of aliphatic hydroxyl groups is 3. The predicted molar refractivity (Wildman–Crippen MR) is 323 cm³/mol. The lowest BCUT2D eigenvalue weighted by Crippen LogP contribution is -2.56. The Labute approximate surface area is 484 Å². The molecule has 1 saturated carbocycles. The molecule has 5 aromatic carbocycles. The number of phenols is 2. The molecule has 0 saturated heterocycles. The molecule has 10 N–H and O–H groups in total. The summed E-state index contributed by atoms with van der Waals surface area (Å²) >= 11 is 0. The highest BCUT2D eigenvalue weighted by Gasteiger charge is 2.52. The first-order valence-electron chi connectivity index (χ1n) is 30.4. The maximum absolute atomic E-state index is 12.1. The molecule has 5 aliphatic rings. The number of hydrogen-bond donors (Lipinski definition) is 10. The maximum Gasteiger partial charge on any atom is 0.161 e. The number of rotatable bonds is 25. The largest absolute Gasteiger partial charge is 0.507 e. The standard InChI is InChI=1S/C68H87N5O9/c1-42(2)34-67(3,78)38-70-40-71-39-68(80-41-73-49-17-9-6-10-18-49)35-56-53-33-55-60(45-19-23-57-44(29-45)25-27-72-57)48(36-69-26-11-15-43-13-7-5-8-14-43)31-54-58(76)24-22-51(61(54)55)62(53)65-52(21-20-50(37-75)81-65)64(56)82-66(68)47-30-46(16-12-28-74)63(77)59(32-47)79-4/h5,7-8,13-14,19,22-25,27,29-32,42,49-50,55,60,66,69-78H,6,9-12,15-18,20-21,26,28,33-41H2,1-4H3/t50-,55-,60+,66-,67+,68+/m1/s1. The van der Waals surface area contributed by atoms with Gasteiger partial charge in [0.2, 0.25) is 0 Å². The lowest BCUT2D eigenvalue weighted by molar-refractivity contribution is -0.132. The van der Waals surface area contributed by atoms with E-state index in [2.05, 4.69) is 107 Å². The number of benzene rings is 5. The Morgan fingerprint density at radius 1 is 0.854 bits per heavy atom. The van der Waals surface area contributed by atoms with Crippen LogP contribution in [0.15, 0.2) is 90.6 Å². The number of aliphatic hydroxyl groups excluding tert-OH is 2. The van der Waals surface area contributed by atoms with Crippen molar-refractivity contribution in [2.45, 2.75) is 152 Å². The topological polar surface area (TPSA) is 202 Å². The molecule has 14 heteroatoms. The quantitative estimate of drug-likeness (QED) is 0.0192. The van der Waals surface area contributed by atoms with Crippen LogP contribution >= 0.6 is 0 Å². The Balaban J connectivity index is 1.06. The van der Waals surface area contributed by atoms with Crippen molar-refractivity contribution in [3.05, 3.63) is 141 Å². The molecule has 438 valence electrons. The number of aryl methyl sites for hydroxylation is 2. The molecule has 2 aliphatic heterocycles. The van der Waals surface area contributed by atoms with Gasteiger partial charge in [-0.3, -0.25) is 5.32 Å². The van der Waals surface area contributed by atoms with Crippen molar-refractivity contribution >= 4 is 17.0 Å². The number of hydrogen-bond acceptors (Lipinski definition) is 13. The molecule has 0 radical (unpaired) electrons. The van der Waals surface area contributed by atoms with Crippen LogP contribution in [0.3, 0.4) is 0 Å². The van der Waals surface area contributed by atoms with E-state index in [1.165, 1.54) is 36.0 Å². The molecular weight excluding hydrogens is 1030 g/mol. The average molecular weight is 1120 g/mol. The number of ether oxygens (including phenoxy) is 4. The first-order chi connectivity index (χ1) is 39.9. The average Bonchev–Trinajstić information content (AvgIpc) is 1.11. The van der Waals surface area contributed by atoms with Crippen molar-refractivity contribution in [3.63, 3.8) is 0 Å². The van der Waals surface area contributed by atoms with Crippen LogP contribution in [-0.2, 0) is 36.8 Å². The van der Waals surface area contributed by atoms with Gasteiger partial charge < -0.3 is 65.4 Å². The number of phenolic OH excluding ortho intramolecular Hbond substituents is 2. The van der Waals surface area contributed by atoms with Crippen molar-refractivity contribution in [2.75, 3.05) is 59.9 Å². The normalized spacial score (nSPS) is 21.9. The van der Waals surface area contributed by atoms with Crippen LogP contribution in [0.1, 0.15) is 147 Å². The third-order valence-corrected chi connectivity index (χ3v) is 18.2. The van der Waals surface area contributed by atoms with E-state index in [1.807, 2.05) is 31.3 Å². The molecule has 11 rings (SSSR count). The number of nitrogens with one attached hydrogen (secondary N) is 5. The Kier molecular flexibility index (Phi) is 18.0. The van der Waals surface area contributed by atoms with E-state index in [9.17, 15) is 25.5 Å². The summed E-state index contributed by atoms with van der Waals surface area (Å²) in [5, 5.41) is 72.0. The Morgan fingerprint density at radius 3 is 2.49 bits per heavy atom. The van der Waals surface area contributed by atoms with Crippen molar-refractivity contribution < 1.29 is 44.5 Å². The maximum atomic E-state index is 12.1. The Bertz CT molecular complexity index is 3200. The number of H-pyrrole nitrogens is 1. The summed E-state index contributed by atoms with van der Waals surface area (Å²) in [5.41, 5.74) is 11.2. The predicted octanol–water partition coefficient (Wildman–Crippen LogP) is 10.2. The van der Waals surface area contributed by atoms with Crippen LogP contribution in [0.2, 0.25) is 0 Å². The van der Waals surface area contributed by atoms with Crippen LogP contribution in [0, 0.1) is 5.92 Å². The van der Waals surface area contributed by atoms with Gasteiger partial charge in [-0.1, -0.05) is 75.6 Å². The molecule has 0 amide bonds. The molecule has 0 spiro atoms. The number of fused-ring (bicyclic) bond motifs is 8. The molecule has 3 heterocycles. The molecule has 82 heavy (non-hydrogen) atoms. The van der Waals surface area contributed by atoms with Crippen molar-refractivity contribution in [1.82, 2.24) is 26.3 Å². The fraction of sp³-hybridized carbons (Fsp3) is 0.500. The van der Waals surface area contributed by atoms with E-state index in [-0.39, 0.29) is 43.3 Å². The van der Waals surface area contributed by atoms with E-state index in [4.69, 9.17) is 18.9 Å². The SMILES string of the molecule is COc1cc([C@H]2Oc3c(c4c(c5c3CC[C@H](CO)O5)-c3ccc(O)c5c3[C@H](C4)[C@@H](c3ccc4[nH]ccc4c3)C(CNCCCc3ccccc3)=C5)C[C@@]2(CNCNC[C@@](C)(O)CC(C)C)OCNC2CCCCC2)cc(CCCO)c1O. The number of aromatic nitrogens is 1. The third-order valence-electron chi connectivity index (χ3n) is 18.2. The smallest absolute Gasteiger partial charge is 0.161 e. The summed E-state index contributed by atoms with van der Waals surface area (Å²) in [6, 6.07) is 27.6. The molecule has 0 bridgehead atoms. The van der Waals surface area contributed by atoms with Gasteiger partial charge in [0.05, 0.1) is 26.0 Å². The third kappa shape index (κ3) is 12.2.